The van der Waals surface area contributed by atoms with Crippen LogP contribution in [0.3, 0.4) is 0 Å². The van der Waals surface area contributed by atoms with Crippen molar-refractivity contribution >= 4 is 30.0 Å². The maximum absolute atomic E-state index is 12.3. The number of benzene rings is 1. The highest BCUT2D eigenvalue weighted by Gasteiger charge is 2.38. The number of carbonyl (C=O) groups is 1. The number of ether oxygens (including phenoxy) is 1. The van der Waals surface area contributed by atoms with Gasteiger partial charge in [-0.3, -0.25) is 4.79 Å². The van der Waals surface area contributed by atoms with Crippen molar-refractivity contribution in [2.24, 2.45) is 5.92 Å². The van der Waals surface area contributed by atoms with Gasteiger partial charge in [0.2, 0.25) is 0 Å². The van der Waals surface area contributed by atoms with Crippen molar-refractivity contribution in [1.82, 2.24) is 4.90 Å². The highest BCUT2D eigenvalue weighted by Crippen LogP contribution is 2.44. The smallest absolute Gasteiger partial charge is 0.311 e. The predicted molar refractivity (Wildman–Crippen MR) is 116 cm³/mol. The molecule has 1 atom stereocenters. The lowest BCUT2D eigenvalue weighted by molar-refractivity contribution is -0.140. The molecule has 2 heterocycles. The fourth-order valence-corrected chi connectivity index (χ4v) is 4.71. The van der Waals surface area contributed by atoms with Gasteiger partial charge in [0.05, 0.1) is 5.92 Å². The van der Waals surface area contributed by atoms with Crippen LogP contribution in [0.15, 0.2) is 12.1 Å². The summed E-state index contributed by atoms with van der Waals surface area (Å²) < 4.78 is 6.27. The number of unbranched alkanes of at least 4 members (excludes halogenated alkanes) is 1. The number of aryl methyl sites for hydroxylation is 1. The lowest BCUT2D eigenvalue weighted by Crippen LogP contribution is -2.38. The van der Waals surface area contributed by atoms with Crippen LogP contribution in [0.5, 0.6) is 5.75 Å². The number of hydrogen-bond donors (Lipinski definition) is 1. The normalized spacial score (nSPS) is 20.6. The molecule has 0 amide bonds. The zero-order valence-corrected chi connectivity index (χ0v) is 18.7. The van der Waals surface area contributed by atoms with Gasteiger partial charge in [-0.1, -0.05) is 24.9 Å². The Labute approximate surface area is 180 Å². The molecule has 1 aromatic carbocycles. The number of carboxylic acids is 1. The standard InChI is InChI=1S/C22H32ClNO3.ClH/c1-4-5-10-24-11-7-15(8-12-24)19(21(25)26)18-14-17(23)13-16-6-9-22(2,3)27-20(16)18;/h13-15,19H,4-12H2,1-3H3,(H,25,26);1H. The molecule has 2 aliphatic heterocycles. The molecule has 1 aromatic rings. The minimum absolute atomic E-state index is 0. The van der Waals surface area contributed by atoms with Crippen molar-refractivity contribution in [3.05, 3.63) is 28.3 Å². The van der Waals surface area contributed by atoms with E-state index in [1.54, 1.807) is 0 Å². The molecule has 1 fully saturated rings. The van der Waals surface area contributed by atoms with E-state index in [-0.39, 0.29) is 23.9 Å². The molecule has 3 rings (SSSR count). The van der Waals surface area contributed by atoms with Crippen molar-refractivity contribution in [3.63, 3.8) is 0 Å². The summed E-state index contributed by atoms with van der Waals surface area (Å²) in [5.74, 6) is -0.439. The molecule has 0 radical (unpaired) electrons. The second-order valence-electron chi connectivity index (χ2n) is 8.69. The third kappa shape index (κ3) is 5.34. The van der Waals surface area contributed by atoms with Gasteiger partial charge >= 0.3 is 5.97 Å². The number of halogens is 2. The van der Waals surface area contributed by atoms with Gasteiger partial charge in [0, 0.05) is 10.6 Å². The maximum atomic E-state index is 12.3. The summed E-state index contributed by atoms with van der Waals surface area (Å²) in [6.07, 6.45) is 6.00. The fourth-order valence-electron chi connectivity index (χ4n) is 4.46. The summed E-state index contributed by atoms with van der Waals surface area (Å²) in [5.41, 5.74) is 1.54. The molecule has 1 N–H and O–H groups in total. The van der Waals surface area contributed by atoms with E-state index >= 15 is 0 Å². The van der Waals surface area contributed by atoms with E-state index in [0.717, 1.165) is 62.2 Å². The first-order valence-electron chi connectivity index (χ1n) is 10.3. The average molecular weight is 430 g/mol. The molecule has 158 valence electrons. The molecule has 2 aliphatic rings. The lowest BCUT2D eigenvalue weighted by Gasteiger charge is -2.38. The molecule has 1 unspecified atom stereocenters. The minimum Gasteiger partial charge on any atom is -0.487 e. The van der Waals surface area contributed by atoms with E-state index in [9.17, 15) is 9.90 Å². The van der Waals surface area contributed by atoms with Crippen LogP contribution in [0.2, 0.25) is 5.02 Å². The topological polar surface area (TPSA) is 49.8 Å². The first-order chi connectivity index (χ1) is 12.8. The Bertz CT molecular complexity index is 685. The van der Waals surface area contributed by atoms with Gasteiger partial charge in [0.25, 0.3) is 0 Å². The van der Waals surface area contributed by atoms with E-state index in [1.807, 2.05) is 12.1 Å². The van der Waals surface area contributed by atoms with Crippen LogP contribution in [0.25, 0.3) is 0 Å². The molecule has 0 spiro atoms. The van der Waals surface area contributed by atoms with E-state index < -0.39 is 11.9 Å². The van der Waals surface area contributed by atoms with Crippen LogP contribution < -0.4 is 4.74 Å². The molecule has 0 bridgehead atoms. The van der Waals surface area contributed by atoms with Crippen LogP contribution >= 0.6 is 24.0 Å². The van der Waals surface area contributed by atoms with Crippen LogP contribution in [-0.2, 0) is 11.2 Å². The Kier molecular flexibility index (Phi) is 8.06. The third-order valence-electron chi connectivity index (χ3n) is 6.07. The van der Waals surface area contributed by atoms with E-state index in [2.05, 4.69) is 25.7 Å². The Balaban J connectivity index is 0.00000280. The van der Waals surface area contributed by atoms with Gasteiger partial charge in [-0.25, -0.2) is 0 Å². The van der Waals surface area contributed by atoms with Crippen molar-refractivity contribution in [1.29, 1.82) is 0 Å². The second kappa shape index (κ2) is 9.69. The zero-order valence-electron chi connectivity index (χ0n) is 17.2. The molecular weight excluding hydrogens is 397 g/mol. The highest BCUT2D eigenvalue weighted by atomic mass is 35.5. The summed E-state index contributed by atoms with van der Waals surface area (Å²) >= 11 is 6.36. The quantitative estimate of drug-likeness (QED) is 0.643. The molecule has 6 heteroatoms. The number of carboxylic acid groups (broad SMARTS) is 1. The van der Waals surface area contributed by atoms with Crippen molar-refractivity contribution in [2.75, 3.05) is 19.6 Å². The lowest BCUT2D eigenvalue weighted by atomic mass is 9.78. The number of likely N-dealkylation sites (tertiary alicyclic amines) is 1. The zero-order chi connectivity index (χ0) is 19.6. The highest BCUT2D eigenvalue weighted by molar-refractivity contribution is 6.30. The van der Waals surface area contributed by atoms with Gasteiger partial charge < -0.3 is 14.7 Å². The minimum atomic E-state index is -0.765. The summed E-state index contributed by atoms with van der Waals surface area (Å²) in [4.78, 5) is 14.8. The van der Waals surface area contributed by atoms with Gasteiger partial charge in [-0.05, 0) is 89.2 Å². The van der Waals surface area contributed by atoms with E-state index in [0.29, 0.717) is 5.02 Å². The van der Waals surface area contributed by atoms with Crippen LogP contribution in [0.1, 0.15) is 69.9 Å². The molecule has 28 heavy (non-hydrogen) atoms. The number of hydrogen-bond acceptors (Lipinski definition) is 3. The van der Waals surface area contributed by atoms with Crippen LogP contribution in [-0.4, -0.2) is 41.2 Å². The first-order valence-corrected chi connectivity index (χ1v) is 10.6. The number of piperidine rings is 1. The van der Waals surface area contributed by atoms with E-state index in [4.69, 9.17) is 16.3 Å². The Morgan fingerprint density at radius 3 is 2.64 bits per heavy atom. The number of rotatable bonds is 6. The molecule has 4 nitrogen and oxygen atoms in total. The van der Waals surface area contributed by atoms with Crippen molar-refractivity contribution < 1.29 is 14.6 Å². The first kappa shape index (κ1) is 23.3. The van der Waals surface area contributed by atoms with Gasteiger partial charge in [0.1, 0.15) is 11.4 Å². The summed E-state index contributed by atoms with van der Waals surface area (Å²) in [6, 6.07) is 3.76. The monoisotopic (exact) mass is 429 g/mol. The second-order valence-corrected chi connectivity index (χ2v) is 9.13. The summed E-state index contributed by atoms with van der Waals surface area (Å²) in [6.45, 7) is 9.40. The van der Waals surface area contributed by atoms with Crippen molar-refractivity contribution in [2.45, 2.75) is 70.8 Å². The SMILES string of the molecule is CCCCN1CCC(C(C(=O)O)c2cc(Cl)cc3c2OC(C)(C)CC3)CC1.Cl. The fraction of sp³-hybridized carbons (Fsp3) is 0.682. The Morgan fingerprint density at radius 2 is 2.04 bits per heavy atom. The van der Waals surface area contributed by atoms with Crippen LogP contribution in [0.4, 0.5) is 0 Å². The summed E-state index contributed by atoms with van der Waals surface area (Å²) in [7, 11) is 0. The molecule has 1 saturated heterocycles. The van der Waals surface area contributed by atoms with Gasteiger partial charge in [0.15, 0.2) is 0 Å². The van der Waals surface area contributed by atoms with E-state index in [1.165, 1.54) is 12.8 Å². The van der Waals surface area contributed by atoms with Crippen LogP contribution in [0, 0.1) is 5.92 Å². The predicted octanol–water partition coefficient (Wildman–Crippen LogP) is 5.55. The number of aliphatic carboxylic acids is 1. The molecule has 0 aliphatic carbocycles. The van der Waals surface area contributed by atoms with Crippen molar-refractivity contribution in [3.8, 4) is 5.75 Å². The maximum Gasteiger partial charge on any atom is 0.311 e. The molecule has 0 aromatic heterocycles. The number of nitrogens with zero attached hydrogens (tertiary/aromatic N) is 1. The average Bonchev–Trinajstić information content (AvgIpc) is 2.61. The van der Waals surface area contributed by atoms with Gasteiger partial charge in [-0.2, -0.15) is 0 Å². The third-order valence-corrected chi connectivity index (χ3v) is 6.28. The Hall–Kier alpha value is -0.970. The Morgan fingerprint density at radius 1 is 1.36 bits per heavy atom. The van der Waals surface area contributed by atoms with Gasteiger partial charge in [-0.15, -0.1) is 12.4 Å². The summed E-state index contributed by atoms with van der Waals surface area (Å²) in [5, 5.41) is 10.7. The number of fused-ring (bicyclic) bond motifs is 1. The molecule has 0 saturated carbocycles. The molecular formula is C22H33Cl2NO3. The largest absolute Gasteiger partial charge is 0.487 e.